The minimum atomic E-state index is -0.393. The number of nitrogens with one attached hydrogen (secondary N) is 2. The third-order valence-corrected chi connectivity index (χ3v) is 4.61. The van der Waals surface area contributed by atoms with Crippen molar-refractivity contribution in [3.05, 3.63) is 71.5 Å². The molecule has 2 aliphatic heterocycles. The Morgan fingerprint density at radius 1 is 1.29 bits per heavy atom. The molecule has 2 N–H and O–H groups in total. The lowest BCUT2D eigenvalue weighted by Crippen LogP contribution is -2.50. The second-order valence-electron chi connectivity index (χ2n) is 5.30. The summed E-state index contributed by atoms with van der Waals surface area (Å²) in [4.78, 5) is 20.7. The van der Waals surface area contributed by atoms with E-state index in [0.29, 0.717) is 16.6 Å². The van der Waals surface area contributed by atoms with Gasteiger partial charge in [0.25, 0.3) is 5.91 Å². The number of hydrazone groups is 1. The van der Waals surface area contributed by atoms with E-state index in [1.165, 1.54) is 11.8 Å². The van der Waals surface area contributed by atoms with Crippen molar-refractivity contribution in [1.29, 1.82) is 0 Å². The number of aromatic amines is 1. The maximum absolute atomic E-state index is 12.7. The Balaban J connectivity index is 1.91. The van der Waals surface area contributed by atoms with Gasteiger partial charge in [0, 0.05) is 17.2 Å². The molecule has 0 radical (unpaired) electrons. The average molecular weight is 337 g/mol. The molecule has 2 aromatic rings. The Bertz CT molecular complexity index is 948. The number of thioether (sulfide) groups is 1. The summed E-state index contributed by atoms with van der Waals surface area (Å²) < 4.78 is 0. The molecule has 0 unspecified atom stereocenters. The molecule has 0 aliphatic carbocycles. The summed E-state index contributed by atoms with van der Waals surface area (Å²) in [6.07, 6.45) is 3.22. The number of fused-ring (bicyclic) bond motifs is 2. The topological polar surface area (TPSA) is 72.8 Å². The van der Waals surface area contributed by atoms with E-state index < -0.39 is 6.17 Å². The van der Waals surface area contributed by atoms with Crippen LogP contribution in [0, 0.1) is 0 Å². The highest BCUT2D eigenvalue weighted by Crippen LogP contribution is 2.29. The van der Waals surface area contributed by atoms with Crippen LogP contribution in [0.5, 0.6) is 0 Å². The minimum absolute atomic E-state index is 0.171. The Hall–Kier alpha value is -2.80. The van der Waals surface area contributed by atoms with Crippen LogP contribution in [0.4, 0.5) is 0 Å². The molecule has 7 heteroatoms. The smallest absolute Gasteiger partial charge is 0.276 e. The lowest BCUT2D eigenvalue weighted by atomic mass is 10.1. The van der Waals surface area contributed by atoms with Crippen LogP contribution in [0.25, 0.3) is 5.70 Å². The molecule has 0 fully saturated rings. The molecule has 0 spiro atoms. The van der Waals surface area contributed by atoms with Crippen LogP contribution in [0.1, 0.15) is 11.9 Å². The number of para-hydroxylation sites is 1. The van der Waals surface area contributed by atoms with Crippen molar-refractivity contribution in [2.24, 2.45) is 10.1 Å². The number of H-pyrrole nitrogens is 1. The third kappa shape index (κ3) is 2.43. The molecule has 3 heterocycles. The van der Waals surface area contributed by atoms with E-state index in [0.717, 1.165) is 16.3 Å². The van der Waals surface area contributed by atoms with Gasteiger partial charge in [-0.05, 0) is 18.2 Å². The number of rotatable bonds is 3. The molecule has 0 saturated carbocycles. The SMILES string of the molecule is C=CCSC1=NN2C(=c3ccccc3=N[C@@H]2c2ccc[nH]2)C(=O)N1. The lowest BCUT2D eigenvalue weighted by molar-refractivity contribution is -0.116. The predicted molar refractivity (Wildman–Crippen MR) is 94.2 cm³/mol. The molecular weight excluding hydrogens is 322 g/mol. The Labute approximate surface area is 142 Å². The van der Waals surface area contributed by atoms with Gasteiger partial charge in [0.15, 0.2) is 11.3 Å². The molecule has 24 heavy (non-hydrogen) atoms. The number of amidine groups is 1. The average Bonchev–Trinajstić information content (AvgIpc) is 3.13. The van der Waals surface area contributed by atoms with Gasteiger partial charge < -0.3 is 4.98 Å². The summed E-state index contributed by atoms with van der Waals surface area (Å²) in [5, 5.41) is 11.3. The summed E-state index contributed by atoms with van der Waals surface area (Å²) in [5.74, 6) is 0.499. The number of hydrogen-bond donors (Lipinski definition) is 2. The predicted octanol–water partition coefficient (Wildman–Crippen LogP) is 1.08. The zero-order valence-corrected chi connectivity index (χ0v) is 13.6. The van der Waals surface area contributed by atoms with Crippen molar-refractivity contribution in [2.75, 3.05) is 5.75 Å². The maximum atomic E-state index is 12.7. The summed E-state index contributed by atoms with van der Waals surface area (Å²) in [6.45, 7) is 3.70. The zero-order chi connectivity index (χ0) is 16.5. The zero-order valence-electron chi connectivity index (χ0n) is 12.8. The fraction of sp³-hybridized carbons (Fsp3) is 0.118. The van der Waals surface area contributed by atoms with Gasteiger partial charge in [-0.15, -0.1) is 11.7 Å². The van der Waals surface area contributed by atoms with E-state index in [2.05, 4.69) is 22.0 Å². The van der Waals surface area contributed by atoms with Crippen LogP contribution in [-0.4, -0.2) is 26.8 Å². The third-order valence-electron chi connectivity index (χ3n) is 3.75. The van der Waals surface area contributed by atoms with Crippen LogP contribution in [0.3, 0.4) is 0 Å². The van der Waals surface area contributed by atoms with Gasteiger partial charge >= 0.3 is 0 Å². The molecule has 6 nitrogen and oxygen atoms in total. The van der Waals surface area contributed by atoms with Crippen LogP contribution in [0.15, 0.2) is 65.3 Å². The quantitative estimate of drug-likeness (QED) is 0.823. The first-order chi connectivity index (χ1) is 11.8. The monoisotopic (exact) mass is 337 g/mol. The van der Waals surface area contributed by atoms with Crippen LogP contribution in [0.2, 0.25) is 0 Å². The molecular formula is C17H15N5OS. The fourth-order valence-electron chi connectivity index (χ4n) is 2.74. The molecule has 120 valence electrons. The van der Waals surface area contributed by atoms with Gasteiger partial charge in [0.05, 0.1) is 11.1 Å². The van der Waals surface area contributed by atoms with E-state index in [-0.39, 0.29) is 5.91 Å². The highest BCUT2D eigenvalue weighted by atomic mass is 32.2. The van der Waals surface area contributed by atoms with Crippen molar-refractivity contribution in [2.45, 2.75) is 6.17 Å². The van der Waals surface area contributed by atoms with Crippen molar-refractivity contribution in [3.63, 3.8) is 0 Å². The van der Waals surface area contributed by atoms with Crippen molar-refractivity contribution >= 4 is 28.5 Å². The molecule has 1 aromatic heterocycles. The first-order valence-corrected chi connectivity index (χ1v) is 8.50. The number of carbonyl (C=O) groups is 1. The van der Waals surface area contributed by atoms with E-state index in [1.54, 1.807) is 11.1 Å². The van der Waals surface area contributed by atoms with E-state index in [9.17, 15) is 4.79 Å². The second-order valence-corrected chi connectivity index (χ2v) is 6.31. The van der Waals surface area contributed by atoms with Crippen molar-refractivity contribution < 1.29 is 4.79 Å². The van der Waals surface area contributed by atoms with Gasteiger partial charge in [-0.1, -0.05) is 36.0 Å². The van der Waals surface area contributed by atoms with E-state index in [4.69, 9.17) is 4.99 Å². The molecule has 1 amide bonds. The number of amides is 1. The summed E-state index contributed by atoms with van der Waals surface area (Å²) in [7, 11) is 0. The molecule has 4 rings (SSSR count). The van der Waals surface area contributed by atoms with E-state index >= 15 is 0 Å². The Morgan fingerprint density at radius 2 is 2.17 bits per heavy atom. The molecule has 0 bridgehead atoms. The van der Waals surface area contributed by atoms with Crippen LogP contribution < -0.4 is 15.9 Å². The second kappa shape index (κ2) is 6.01. The summed E-state index contributed by atoms with van der Waals surface area (Å²) in [6, 6.07) is 11.5. The summed E-state index contributed by atoms with van der Waals surface area (Å²) >= 11 is 1.43. The lowest BCUT2D eigenvalue weighted by Gasteiger charge is -2.33. The van der Waals surface area contributed by atoms with Gasteiger partial charge in [-0.25, -0.2) is 5.01 Å². The molecule has 2 aliphatic rings. The highest BCUT2D eigenvalue weighted by Gasteiger charge is 2.34. The van der Waals surface area contributed by atoms with Gasteiger partial charge in [0.2, 0.25) is 0 Å². The largest absolute Gasteiger partial charge is 0.362 e. The normalized spacial score (nSPS) is 18.9. The first-order valence-electron chi connectivity index (χ1n) is 7.51. The fourth-order valence-corrected chi connectivity index (χ4v) is 3.32. The molecule has 0 saturated heterocycles. The molecule has 1 aromatic carbocycles. The number of hydrogen-bond acceptors (Lipinski definition) is 5. The number of carbonyl (C=O) groups excluding carboxylic acids is 1. The van der Waals surface area contributed by atoms with Crippen LogP contribution >= 0.6 is 11.8 Å². The Kier molecular flexibility index (Phi) is 3.70. The van der Waals surface area contributed by atoms with Gasteiger partial charge in [0.1, 0.15) is 5.70 Å². The minimum Gasteiger partial charge on any atom is -0.362 e. The van der Waals surface area contributed by atoms with Gasteiger partial charge in [-0.2, -0.15) is 0 Å². The number of nitrogens with zero attached hydrogens (tertiary/aromatic N) is 3. The number of benzene rings is 1. The first kappa shape index (κ1) is 14.8. The molecule has 1 atom stereocenters. The van der Waals surface area contributed by atoms with Gasteiger partial charge in [-0.3, -0.25) is 15.1 Å². The Morgan fingerprint density at radius 3 is 2.96 bits per heavy atom. The standard InChI is InChI=1S/C17H15N5OS/c1-2-10-24-17-20-16(23)14-11-6-3-4-7-12(11)19-15(22(14)21-17)13-8-5-9-18-13/h2-9,15,18H,1,10H2,(H,20,21,23)/t15-/m0/s1. The van der Waals surface area contributed by atoms with E-state index in [1.807, 2.05) is 42.6 Å². The number of aromatic nitrogens is 1. The van der Waals surface area contributed by atoms with Crippen molar-refractivity contribution in [3.8, 4) is 0 Å². The highest BCUT2D eigenvalue weighted by molar-refractivity contribution is 8.14. The maximum Gasteiger partial charge on any atom is 0.276 e. The van der Waals surface area contributed by atoms with Crippen LogP contribution in [-0.2, 0) is 4.79 Å². The summed E-state index contributed by atoms with van der Waals surface area (Å²) in [5.41, 5.74) is 1.40. The van der Waals surface area contributed by atoms with Crippen molar-refractivity contribution in [1.82, 2.24) is 15.3 Å².